The van der Waals surface area contributed by atoms with E-state index in [1.165, 1.54) is 5.56 Å². The minimum atomic E-state index is -5.08. The molecular weight excluding hydrogens is 531 g/mol. The smallest absolute Gasteiger partial charge is 0.475 e. The number of morpholine rings is 1. The van der Waals surface area contributed by atoms with Crippen LogP contribution in [0.15, 0.2) is 55.1 Å². The Morgan fingerprint density at radius 3 is 2.48 bits per heavy atom. The maximum absolute atomic E-state index is 13.0. The third-order valence-corrected chi connectivity index (χ3v) is 6.09. The molecule has 0 aliphatic carbocycles. The van der Waals surface area contributed by atoms with Crippen LogP contribution in [0.1, 0.15) is 22.5 Å². The highest BCUT2D eigenvalue weighted by Crippen LogP contribution is 2.25. The van der Waals surface area contributed by atoms with Crippen molar-refractivity contribution in [1.82, 2.24) is 34.4 Å². The Morgan fingerprint density at radius 1 is 1.10 bits per heavy atom. The molecule has 4 aromatic rings. The molecule has 0 saturated carbocycles. The van der Waals surface area contributed by atoms with E-state index >= 15 is 0 Å². The van der Waals surface area contributed by atoms with Crippen molar-refractivity contribution >= 4 is 17.4 Å². The van der Waals surface area contributed by atoms with Crippen LogP contribution >= 0.6 is 0 Å². The lowest BCUT2D eigenvalue weighted by Gasteiger charge is -2.26. The van der Waals surface area contributed by atoms with Crippen LogP contribution in [-0.2, 0) is 9.53 Å². The first-order chi connectivity index (χ1) is 19.1. The minimum Gasteiger partial charge on any atom is -0.475 e. The minimum absolute atomic E-state index is 0.199. The van der Waals surface area contributed by atoms with E-state index in [2.05, 4.69) is 27.2 Å². The number of imidazole rings is 1. The van der Waals surface area contributed by atoms with E-state index in [0.29, 0.717) is 23.6 Å². The Kier molecular flexibility index (Phi) is 9.11. The second-order valence-corrected chi connectivity index (χ2v) is 8.95. The van der Waals surface area contributed by atoms with Gasteiger partial charge in [-0.05, 0) is 38.1 Å². The number of hydrogen-bond donors (Lipinski definition) is 2. The van der Waals surface area contributed by atoms with Crippen LogP contribution in [0.25, 0.3) is 22.7 Å². The number of hydrogen-bond acceptors (Lipinski definition) is 7. The first-order valence-electron chi connectivity index (χ1n) is 12.5. The van der Waals surface area contributed by atoms with Crippen molar-refractivity contribution in [1.29, 1.82) is 0 Å². The molecule has 3 aromatic heterocycles. The van der Waals surface area contributed by atoms with Crippen LogP contribution in [0.5, 0.6) is 0 Å². The standard InChI is InChI=1S/C24H27N7O2.C2HF3O2/c1-18-3-5-19(6-4-18)31-20(7-9-27-31)23-28-22(21-17-25-10-12-30(21)23)24(32)26-8-2-11-29-13-15-33-16-14-29;3-2(4,5)1(6)7/h3-7,9-10,12,17H,2,8,11,13-16H2,1H3,(H,26,32);(H,6,7). The summed E-state index contributed by atoms with van der Waals surface area (Å²) >= 11 is 0. The van der Waals surface area contributed by atoms with Crippen LogP contribution in [0.4, 0.5) is 13.2 Å². The van der Waals surface area contributed by atoms with E-state index < -0.39 is 12.1 Å². The number of amides is 1. The first kappa shape index (κ1) is 28.7. The number of benzene rings is 1. The maximum Gasteiger partial charge on any atom is 0.490 e. The van der Waals surface area contributed by atoms with Crippen LogP contribution in [0, 0.1) is 6.92 Å². The van der Waals surface area contributed by atoms with Gasteiger partial charge in [-0.3, -0.25) is 19.1 Å². The Labute approximate surface area is 227 Å². The van der Waals surface area contributed by atoms with Gasteiger partial charge in [0.15, 0.2) is 11.5 Å². The topological polar surface area (TPSA) is 127 Å². The van der Waals surface area contributed by atoms with E-state index in [1.807, 2.05) is 45.6 Å². The number of halogens is 3. The van der Waals surface area contributed by atoms with Gasteiger partial charge < -0.3 is 15.2 Å². The zero-order chi connectivity index (χ0) is 28.7. The molecule has 1 amide bonds. The number of aryl methyl sites for hydroxylation is 1. The highest BCUT2D eigenvalue weighted by atomic mass is 19.4. The van der Waals surface area contributed by atoms with Crippen molar-refractivity contribution in [3.63, 3.8) is 0 Å². The second kappa shape index (κ2) is 12.7. The van der Waals surface area contributed by atoms with Crippen molar-refractivity contribution in [2.24, 2.45) is 0 Å². The number of carboxylic acid groups (broad SMARTS) is 1. The molecule has 0 unspecified atom stereocenters. The van der Waals surface area contributed by atoms with E-state index in [4.69, 9.17) is 19.6 Å². The van der Waals surface area contributed by atoms with Gasteiger partial charge in [0.2, 0.25) is 0 Å². The molecule has 0 radical (unpaired) electrons. The van der Waals surface area contributed by atoms with Gasteiger partial charge in [0.05, 0.1) is 36.8 Å². The Balaban J connectivity index is 0.000000470. The zero-order valence-electron chi connectivity index (χ0n) is 21.6. The van der Waals surface area contributed by atoms with Crippen molar-refractivity contribution in [3.05, 3.63) is 66.4 Å². The number of nitrogens with one attached hydrogen (secondary N) is 1. The third kappa shape index (κ3) is 7.01. The number of fused-ring (bicyclic) bond motifs is 1. The lowest BCUT2D eigenvalue weighted by atomic mass is 10.2. The molecular formula is C26H28F3N7O4. The number of ether oxygens (including phenoxy) is 1. The molecule has 1 aliphatic rings. The fourth-order valence-corrected chi connectivity index (χ4v) is 4.06. The number of aliphatic carboxylic acids is 1. The number of nitrogens with zero attached hydrogens (tertiary/aromatic N) is 6. The summed E-state index contributed by atoms with van der Waals surface area (Å²) in [6, 6.07) is 10.0. The van der Waals surface area contributed by atoms with Crippen molar-refractivity contribution in [2.45, 2.75) is 19.5 Å². The Bertz CT molecular complexity index is 1440. The molecule has 1 saturated heterocycles. The number of carbonyl (C=O) groups excluding carboxylic acids is 1. The molecule has 0 atom stereocenters. The third-order valence-electron chi connectivity index (χ3n) is 6.09. The highest BCUT2D eigenvalue weighted by molar-refractivity contribution is 5.99. The van der Waals surface area contributed by atoms with Crippen LogP contribution < -0.4 is 5.32 Å². The fraction of sp³-hybridized carbons (Fsp3) is 0.346. The lowest BCUT2D eigenvalue weighted by molar-refractivity contribution is -0.192. The summed E-state index contributed by atoms with van der Waals surface area (Å²) in [5.41, 5.74) is 3.93. The van der Waals surface area contributed by atoms with Crippen LogP contribution in [0.2, 0.25) is 0 Å². The van der Waals surface area contributed by atoms with Gasteiger partial charge in [-0.1, -0.05) is 17.7 Å². The van der Waals surface area contributed by atoms with Gasteiger partial charge >= 0.3 is 12.1 Å². The van der Waals surface area contributed by atoms with E-state index in [1.54, 1.807) is 18.6 Å². The monoisotopic (exact) mass is 559 g/mol. The maximum atomic E-state index is 13.0. The predicted molar refractivity (Wildman–Crippen MR) is 138 cm³/mol. The van der Waals surface area contributed by atoms with Crippen molar-refractivity contribution < 1.29 is 32.6 Å². The van der Waals surface area contributed by atoms with Crippen LogP contribution in [-0.4, -0.2) is 91.6 Å². The Morgan fingerprint density at radius 2 is 1.80 bits per heavy atom. The summed E-state index contributed by atoms with van der Waals surface area (Å²) in [6.07, 6.45) is 2.71. The van der Waals surface area contributed by atoms with E-state index in [-0.39, 0.29) is 5.91 Å². The zero-order valence-corrected chi connectivity index (χ0v) is 21.6. The molecule has 4 heterocycles. The van der Waals surface area contributed by atoms with Crippen molar-refractivity contribution in [3.8, 4) is 17.2 Å². The van der Waals surface area contributed by atoms with Gasteiger partial charge in [0, 0.05) is 32.0 Å². The highest BCUT2D eigenvalue weighted by Gasteiger charge is 2.38. The number of rotatable bonds is 7. The average Bonchev–Trinajstić information content (AvgIpc) is 3.57. The molecule has 11 nitrogen and oxygen atoms in total. The molecule has 1 aromatic carbocycles. The molecule has 1 aliphatic heterocycles. The van der Waals surface area contributed by atoms with Crippen LogP contribution in [0.3, 0.4) is 0 Å². The molecule has 1 fully saturated rings. The molecule has 0 spiro atoms. The first-order valence-corrected chi connectivity index (χ1v) is 12.5. The summed E-state index contributed by atoms with van der Waals surface area (Å²) in [4.78, 5) is 33.2. The molecule has 14 heteroatoms. The van der Waals surface area contributed by atoms with Gasteiger partial charge in [-0.2, -0.15) is 18.3 Å². The summed E-state index contributed by atoms with van der Waals surface area (Å²) in [5.74, 6) is -2.31. The number of carboxylic acids is 1. The predicted octanol–water partition coefficient (Wildman–Crippen LogP) is 2.98. The summed E-state index contributed by atoms with van der Waals surface area (Å²) in [7, 11) is 0. The summed E-state index contributed by atoms with van der Waals surface area (Å²) in [6.45, 7) is 7.04. The van der Waals surface area contributed by atoms with Gasteiger partial charge in [-0.15, -0.1) is 0 Å². The fourth-order valence-electron chi connectivity index (χ4n) is 4.06. The summed E-state index contributed by atoms with van der Waals surface area (Å²) < 4.78 is 40.8. The van der Waals surface area contributed by atoms with E-state index in [0.717, 1.165) is 50.7 Å². The number of alkyl halides is 3. The SMILES string of the molecule is Cc1ccc(-n2nccc2-c2nc(C(=O)NCCCN3CCOCC3)c3cnccn23)cc1.O=C(O)C(F)(F)F. The van der Waals surface area contributed by atoms with Gasteiger partial charge in [-0.25, -0.2) is 14.5 Å². The molecule has 0 bridgehead atoms. The number of aromatic nitrogens is 5. The molecule has 2 N–H and O–H groups in total. The summed E-state index contributed by atoms with van der Waals surface area (Å²) in [5, 5.41) is 14.6. The number of carbonyl (C=O) groups is 2. The average molecular weight is 560 g/mol. The van der Waals surface area contributed by atoms with E-state index in [9.17, 15) is 18.0 Å². The van der Waals surface area contributed by atoms with Crippen molar-refractivity contribution in [2.75, 3.05) is 39.4 Å². The molecule has 5 rings (SSSR count). The second-order valence-electron chi connectivity index (χ2n) is 8.95. The Hall–Kier alpha value is -4.30. The quantitative estimate of drug-likeness (QED) is 0.331. The largest absolute Gasteiger partial charge is 0.490 e. The normalized spacial score (nSPS) is 14.0. The molecule has 212 valence electrons. The molecule has 40 heavy (non-hydrogen) atoms. The van der Waals surface area contributed by atoms with Gasteiger partial charge in [0.25, 0.3) is 5.91 Å². The lowest BCUT2D eigenvalue weighted by Crippen LogP contribution is -2.38. The van der Waals surface area contributed by atoms with Gasteiger partial charge in [0.1, 0.15) is 5.69 Å².